The van der Waals surface area contributed by atoms with Gasteiger partial charge in [-0.3, -0.25) is 4.79 Å². The monoisotopic (exact) mass is 282 g/mol. The first-order valence-corrected chi connectivity index (χ1v) is 7.78. The summed E-state index contributed by atoms with van der Waals surface area (Å²) >= 11 is 0. The van der Waals surface area contributed by atoms with Crippen LogP contribution in [0, 0.1) is 0 Å². The fourth-order valence-electron chi connectivity index (χ4n) is 2.36. The molecule has 6 heteroatoms. The maximum Gasteiger partial charge on any atom is 0.248 e. The van der Waals surface area contributed by atoms with E-state index in [9.17, 15) is 13.2 Å². The van der Waals surface area contributed by atoms with Crippen molar-refractivity contribution in [3.05, 3.63) is 29.8 Å². The van der Waals surface area contributed by atoms with Gasteiger partial charge in [-0.1, -0.05) is 6.42 Å². The Balaban J connectivity index is 2.30. The SMILES string of the molecule is C[C@@H]1CCCCN1S(=O)(=O)c1ccc(C(N)=O)cc1. The van der Waals surface area contributed by atoms with Crippen molar-refractivity contribution in [1.82, 2.24) is 4.31 Å². The molecule has 0 aliphatic carbocycles. The molecule has 1 saturated heterocycles. The Morgan fingerprint density at radius 2 is 1.89 bits per heavy atom. The Morgan fingerprint density at radius 1 is 1.26 bits per heavy atom. The Hall–Kier alpha value is -1.40. The zero-order valence-electron chi connectivity index (χ0n) is 10.9. The number of nitrogens with zero attached hydrogens (tertiary/aromatic N) is 1. The summed E-state index contributed by atoms with van der Waals surface area (Å²) in [6.45, 7) is 2.48. The molecule has 104 valence electrons. The van der Waals surface area contributed by atoms with Gasteiger partial charge < -0.3 is 5.73 Å². The lowest BCUT2D eigenvalue weighted by Crippen LogP contribution is -2.41. The van der Waals surface area contributed by atoms with Gasteiger partial charge in [0.2, 0.25) is 15.9 Å². The molecule has 1 atom stereocenters. The molecule has 0 bridgehead atoms. The first-order valence-electron chi connectivity index (χ1n) is 6.34. The van der Waals surface area contributed by atoms with Crippen LogP contribution in [0.4, 0.5) is 0 Å². The van der Waals surface area contributed by atoms with Crippen LogP contribution in [0.25, 0.3) is 0 Å². The van der Waals surface area contributed by atoms with E-state index < -0.39 is 15.9 Å². The molecule has 1 aliphatic heterocycles. The number of benzene rings is 1. The molecule has 2 N–H and O–H groups in total. The van der Waals surface area contributed by atoms with Gasteiger partial charge in [0.05, 0.1) is 4.90 Å². The lowest BCUT2D eigenvalue weighted by Gasteiger charge is -2.32. The molecular formula is C13H18N2O3S. The number of carbonyl (C=O) groups excluding carboxylic acids is 1. The third-order valence-corrected chi connectivity index (χ3v) is 5.52. The summed E-state index contributed by atoms with van der Waals surface area (Å²) in [7, 11) is -3.47. The summed E-state index contributed by atoms with van der Waals surface area (Å²) in [5, 5.41) is 0. The number of primary amides is 1. The van der Waals surface area contributed by atoms with Gasteiger partial charge >= 0.3 is 0 Å². The highest BCUT2D eigenvalue weighted by atomic mass is 32.2. The number of hydrogen-bond donors (Lipinski definition) is 1. The van der Waals surface area contributed by atoms with Gasteiger partial charge in [-0.15, -0.1) is 0 Å². The van der Waals surface area contributed by atoms with E-state index in [1.807, 2.05) is 6.92 Å². The molecule has 2 rings (SSSR count). The average molecular weight is 282 g/mol. The van der Waals surface area contributed by atoms with Crippen LogP contribution in [0.5, 0.6) is 0 Å². The minimum atomic E-state index is -3.47. The van der Waals surface area contributed by atoms with Crippen molar-refractivity contribution in [2.45, 2.75) is 37.1 Å². The highest BCUT2D eigenvalue weighted by Gasteiger charge is 2.30. The van der Waals surface area contributed by atoms with Crippen molar-refractivity contribution < 1.29 is 13.2 Å². The zero-order chi connectivity index (χ0) is 14.0. The van der Waals surface area contributed by atoms with Crippen molar-refractivity contribution in [3.63, 3.8) is 0 Å². The van der Waals surface area contributed by atoms with Crippen LogP contribution in [0.1, 0.15) is 36.5 Å². The van der Waals surface area contributed by atoms with Crippen LogP contribution in [0.3, 0.4) is 0 Å². The Kier molecular flexibility index (Phi) is 3.91. The van der Waals surface area contributed by atoms with Crippen molar-refractivity contribution in [1.29, 1.82) is 0 Å². The minimum Gasteiger partial charge on any atom is -0.366 e. The van der Waals surface area contributed by atoms with Gasteiger partial charge in [0.1, 0.15) is 0 Å². The maximum atomic E-state index is 12.5. The predicted octanol–water partition coefficient (Wildman–Crippen LogP) is 1.35. The second-order valence-electron chi connectivity index (χ2n) is 4.85. The highest BCUT2D eigenvalue weighted by Crippen LogP contribution is 2.25. The zero-order valence-corrected chi connectivity index (χ0v) is 11.7. The molecule has 1 aromatic carbocycles. The van der Waals surface area contributed by atoms with E-state index in [1.54, 1.807) is 0 Å². The topological polar surface area (TPSA) is 80.5 Å². The van der Waals surface area contributed by atoms with E-state index in [2.05, 4.69) is 0 Å². The number of sulfonamides is 1. The van der Waals surface area contributed by atoms with E-state index in [4.69, 9.17) is 5.73 Å². The van der Waals surface area contributed by atoms with E-state index in [-0.39, 0.29) is 10.9 Å². The summed E-state index contributed by atoms with van der Waals surface area (Å²) in [4.78, 5) is 11.2. The molecule has 1 aliphatic rings. The molecule has 1 aromatic rings. The largest absolute Gasteiger partial charge is 0.366 e. The van der Waals surface area contributed by atoms with Crippen LogP contribution in [-0.4, -0.2) is 31.2 Å². The smallest absolute Gasteiger partial charge is 0.248 e. The molecule has 19 heavy (non-hydrogen) atoms. The second kappa shape index (κ2) is 5.30. The molecule has 0 saturated carbocycles. The number of nitrogens with two attached hydrogens (primary N) is 1. The van der Waals surface area contributed by atoms with Gasteiger partial charge in [0.25, 0.3) is 0 Å². The molecule has 0 spiro atoms. The predicted molar refractivity (Wildman–Crippen MR) is 72.2 cm³/mol. The lowest BCUT2D eigenvalue weighted by molar-refractivity contribution is 0.1000. The quantitative estimate of drug-likeness (QED) is 0.908. The number of rotatable bonds is 3. The number of amides is 1. The lowest BCUT2D eigenvalue weighted by atomic mass is 10.1. The number of carbonyl (C=O) groups is 1. The summed E-state index contributed by atoms with van der Waals surface area (Å²) in [6, 6.07) is 5.80. The minimum absolute atomic E-state index is 0.0227. The Bertz CT molecular complexity index is 566. The van der Waals surface area contributed by atoms with Crippen molar-refractivity contribution in [3.8, 4) is 0 Å². The highest BCUT2D eigenvalue weighted by molar-refractivity contribution is 7.89. The average Bonchev–Trinajstić information content (AvgIpc) is 2.39. The number of hydrogen-bond acceptors (Lipinski definition) is 3. The second-order valence-corrected chi connectivity index (χ2v) is 6.74. The third-order valence-electron chi connectivity index (χ3n) is 3.49. The fraction of sp³-hybridized carbons (Fsp3) is 0.462. The van der Waals surface area contributed by atoms with Crippen LogP contribution in [-0.2, 0) is 10.0 Å². The molecule has 0 aromatic heterocycles. The van der Waals surface area contributed by atoms with Gasteiger partial charge in [-0.05, 0) is 44.0 Å². The normalized spacial score (nSPS) is 21.2. The van der Waals surface area contributed by atoms with Crippen LogP contribution >= 0.6 is 0 Å². The molecule has 0 unspecified atom stereocenters. The van der Waals surface area contributed by atoms with Gasteiger partial charge in [0.15, 0.2) is 0 Å². The molecule has 1 amide bonds. The molecule has 5 nitrogen and oxygen atoms in total. The van der Waals surface area contributed by atoms with Gasteiger partial charge in [-0.25, -0.2) is 8.42 Å². The number of piperidine rings is 1. The van der Waals surface area contributed by atoms with E-state index in [1.165, 1.54) is 28.6 Å². The van der Waals surface area contributed by atoms with Gasteiger partial charge in [-0.2, -0.15) is 4.31 Å². The first kappa shape index (κ1) is 14.0. The fourth-order valence-corrected chi connectivity index (χ4v) is 4.05. The summed E-state index contributed by atoms with van der Waals surface area (Å²) in [5.74, 6) is -0.560. The third kappa shape index (κ3) is 2.79. The Morgan fingerprint density at radius 3 is 2.42 bits per heavy atom. The van der Waals surface area contributed by atoms with Crippen molar-refractivity contribution in [2.75, 3.05) is 6.54 Å². The Labute approximate surface area is 113 Å². The summed E-state index contributed by atoms with van der Waals surface area (Å²) in [6.07, 6.45) is 2.84. The van der Waals surface area contributed by atoms with Crippen molar-refractivity contribution >= 4 is 15.9 Å². The summed E-state index contributed by atoms with van der Waals surface area (Å²) < 4.78 is 26.5. The molecule has 0 radical (unpaired) electrons. The summed E-state index contributed by atoms with van der Waals surface area (Å²) in [5.41, 5.74) is 5.45. The molecule has 1 fully saturated rings. The van der Waals surface area contributed by atoms with E-state index >= 15 is 0 Å². The first-order chi connectivity index (χ1) is 8.93. The van der Waals surface area contributed by atoms with E-state index in [0.717, 1.165) is 19.3 Å². The van der Waals surface area contributed by atoms with Crippen molar-refractivity contribution in [2.24, 2.45) is 5.73 Å². The van der Waals surface area contributed by atoms with Gasteiger partial charge in [0, 0.05) is 18.2 Å². The van der Waals surface area contributed by atoms with Crippen LogP contribution in [0.2, 0.25) is 0 Å². The standard InChI is InChI=1S/C13H18N2O3S/c1-10-4-2-3-9-15(10)19(17,18)12-7-5-11(6-8-12)13(14)16/h5-8,10H,2-4,9H2,1H3,(H2,14,16)/t10-/m1/s1. The van der Waals surface area contributed by atoms with Crippen LogP contribution < -0.4 is 5.73 Å². The molecule has 1 heterocycles. The van der Waals surface area contributed by atoms with Crippen LogP contribution in [0.15, 0.2) is 29.2 Å². The molecular weight excluding hydrogens is 264 g/mol. The maximum absolute atomic E-state index is 12.5. The van der Waals surface area contributed by atoms with E-state index in [0.29, 0.717) is 12.1 Å².